The normalized spacial score (nSPS) is 18.4. The molecule has 1 unspecified atom stereocenters. The highest BCUT2D eigenvalue weighted by Crippen LogP contribution is 2.20. The minimum Gasteiger partial charge on any atom is -0.494 e. The Morgan fingerprint density at radius 2 is 1.85 bits per heavy atom. The average molecular weight is 273 g/mol. The van der Waals surface area contributed by atoms with E-state index in [9.17, 15) is 5.26 Å². The molecule has 0 N–H and O–H groups in total. The number of likely N-dealkylation sites (N-methyl/N-ethyl adjacent to an activating group) is 1. The summed E-state index contributed by atoms with van der Waals surface area (Å²) in [6.07, 6.45) is 0. The van der Waals surface area contributed by atoms with Gasteiger partial charge in [-0.25, -0.2) is 0 Å². The van der Waals surface area contributed by atoms with Crippen LogP contribution in [0.5, 0.6) is 5.75 Å². The first-order valence-corrected chi connectivity index (χ1v) is 7.26. The third kappa shape index (κ3) is 3.96. The van der Waals surface area contributed by atoms with Crippen LogP contribution in [-0.4, -0.2) is 56.2 Å². The van der Waals surface area contributed by atoms with E-state index in [0.29, 0.717) is 6.61 Å². The SMILES string of the molecule is CCOc1ccc(C(C#N)CN2CCN(C)CC2)cc1. The molecular formula is C16H23N3O. The van der Waals surface area contributed by atoms with Crippen LogP contribution in [0, 0.1) is 11.3 Å². The van der Waals surface area contributed by atoms with E-state index in [0.717, 1.165) is 44.0 Å². The van der Waals surface area contributed by atoms with Gasteiger partial charge in [-0.3, -0.25) is 4.90 Å². The van der Waals surface area contributed by atoms with Crippen molar-refractivity contribution < 1.29 is 4.74 Å². The third-order valence-corrected chi connectivity index (χ3v) is 3.79. The fraction of sp³-hybridized carbons (Fsp3) is 0.562. The van der Waals surface area contributed by atoms with Gasteiger partial charge in [0.15, 0.2) is 0 Å². The van der Waals surface area contributed by atoms with Crippen molar-refractivity contribution in [2.75, 3.05) is 46.4 Å². The Bertz CT molecular complexity index is 444. The van der Waals surface area contributed by atoms with Gasteiger partial charge in [0.05, 0.1) is 18.6 Å². The highest BCUT2D eigenvalue weighted by atomic mass is 16.5. The van der Waals surface area contributed by atoms with Crippen molar-refractivity contribution in [3.8, 4) is 11.8 Å². The van der Waals surface area contributed by atoms with E-state index >= 15 is 0 Å². The van der Waals surface area contributed by atoms with Crippen LogP contribution in [0.3, 0.4) is 0 Å². The first kappa shape index (κ1) is 14.8. The zero-order chi connectivity index (χ0) is 14.4. The molecule has 1 aliphatic rings. The van der Waals surface area contributed by atoms with Crippen LogP contribution in [0.25, 0.3) is 0 Å². The molecule has 1 heterocycles. The predicted molar refractivity (Wildman–Crippen MR) is 79.9 cm³/mol. The lowest BCUT2D eigenvalue weighted by atomic mass is 9.99. The largest absolute Gasteiger partial charge is 0.494 e. The summed E-state index contributed by atoms with van der Waals surface area (Å²) in [7, 11) is 2.14. The van der Waals surface area contributed by atoms with Crippen LogP contribution in [0.4, 0.5) is 0 Å². The first-order valence-electron chi connectivity index (χ1n) is 7.26. The molecule has 1 saturated heterocycles. The number of nitriles is 1. The molecule has 0 saturated carbocycles. The fourth-order valence-corrected chi connectivity index (χ4v) is 2.47. The van der Waals surface area contributed by atoms with Crippen LogP contribution in [0.15, 0.2) is 24.3 Å². The molecule has 108 valence electrons. The fourth-order valence-electron chi connectivity index (χ4n) is 2.47. The number of ether oxygens (including phenoxy) is 1. The van der Waals surface area contributed by atoms with Crippen LogP contribution in [0.2, 0.25) is 0 Å². The molecule has 4 heteroatoms. The Balaban J connectivity index is 1.96. The molecule has 1 atom stereocenters. The Hall–Kier alpha value is -1.57. The molecule has 1 aromatic carbocycles. The number of hydrogen-bond acceptors (Lipinski definition) is 4. The van der Waals surface area contributed by atoms with Gasteiger partial charge < -0.3 is 9.64 Å². The molecule has 1 aliphatic heterocycles. The molecule has 2 rings (SSSR count). The quantitative estimate of drug-likeness (QED) is 0.822. The maximum Gasteiger partial charge on any atom is 0.119 e. The van der Waals surface area contributed by atoms with Gasteiger partial charge in [-0.2, -0.15) is 5.26 Å². The minimum absolute atomic E-state index is 0.0610. The molecule has 20 heavy (non-hydrogen) atoms. The Labute approximate surface area is 121 Å². The van der Waals surface area contributed by atoms with Crippen molar-refractivity contribution in [3.63, 3.8) is 0 Å². The van der Waals surface area contributed by atoms with Crippen molar-refractivity contribution in [1.29, 1.82) is 5.26 Å². The summed E-state index contributed by atoms with van der Waals surface area (Å²) in [5.41, 5.74) is 1.08. The van der Waals surface area contributed by atoms with E-state index < -0.39 is 0 Å². The number of hydrogen-bond donors (Lipinski definition) is 0. The van der Waals surface area contributed by atoms with E-state index in [1.54, 1.807) is 0 Å². The van der Waals surface area contributed by atoms with Crippen molar-refractivity contribution in [2.24, 2.45) is 0 Å². The first-order chi connectivity index (χ1) is 9.72. The maximum absolute atomic E-state index is 9.42. The second kappa shape index (κ2) is 7.28. The molecule has 0 spiro atoms. The maximum atomic E-state index is 9.42. The molecule has 1 fully saturated rings. The highest BCUT2D eigenvalue weighted by molar-refractivity contribution is 5.32. The lowest BCUT2D eigenvalue weighted by Crippen LogP contribution is -2.45. The smallest absolute Gasteiger partial charge is 0.119 e. The summed E-state index contributed by atoms with van der Waals surface area (Å²) in [5.74, 6) is 0.807. The zero-order valence-corrected chi connectivity index (χ0v) is 12.4. The molecule has 0 aliphatic carbocycles. The standard InChI is InChI=1S/C16H23N3O/c1-3-20-16-6-4-14(5-7-16)15(12-17)13-19-10-8-18(2)9-11-19/h4-7,15H,3,8-11,13H2,1-2H3. The molecule has 1 aromatic rings. The summed E-state index contributed by atoms with van der Waals surface area (Å²) in [6.45, 7) is 7.72. The highest BCUT2D eigenvalue weighted by Gasteiger charge is 2.19. The summed E-state index contributed by atoms with van der Waals surface area (Å²) < 4.78 is 5.44. The minimum atomic E-state index is -0.0610. The second-order valence-electron chi connectivity index (χ2n) is 5.29. The summed E-state index contributed by atoms with van der Waals surface area (Å²) in [4.78, 5) is 4.71. The number of nitrogens with zero attached hydrogens (tertiary/aromatic N) is 3. The predicted octanol–water partition coefficient (Wildman–Crippen LogP) is 1.94. The average Bonchev–Trinajstić information content (AvgIpc) is 2.48. The van der Waals surface area contributed by atoms with E-state index in [4.69, 9.17) is 4.74 Å². The van der Waals surface area contributed by atoms with Gasteiger partial charge in [0.25, 0.3) is 0 Å². The van der Waals surface area contributed by atoms with E-state index in [1.165, 1.54) is 0 Å². The topological polar surface area (TPSA) is 39.5 Å². The van der Waals surface area contributed by atoms with Crippen molar-refractivity contribution in [2.45, 2.75) is 12.8 Å². The van der Waals surface area contributed by atoms with Gasteiger partial charge in [-0.15, -0.1) is 0 Å². The third-order valence-electron chi connectivity index (χ3n) is 3.79. The molecule has 4 nitrogen and oxygen atoms in total. The van der Waals surface area contributed by atoms with E-state index in [1.807, 2.05) is 31.2 Å². The lowest BCUT2D eigenvalue weighted by molar-refractivity contribution is 0.152. The van der Waals surface area contributed by atoms with Crippen LogP contribution >= 0.6 is 0 Å². The monoisotopic (exact) mass is 273 g/mol. The van der Waals surface area contributed by atoms with Gasteiger partial charge >= 0.3 is 0 Å². The Morgan fingerprint density at radius 1 is 1.20 bits per heavy atom. The molecule has 0 bridgehead atoms. The Kier molecular flexibility index (Phi) is 5.40. The van der Waals surface area contributed by atoms with Crippen molar-refractivity contribution >= 4 is 0 Å². The number of benzene rings is 1. The molecule has 0 amide bonds. The van der Waals surface area contributed by atoms with Gasteiger partial charge in [-0.1, -0.05) is 12.1 Å². The van der Waals surface area contributed by atoms with Crippen LogP contribution in [0.1, 0.15) is 18.4 Å². The van der Waals surface area contributed by atoms with Crippen LogP contribution in [-0.2, 0) is 0 Å². The molecule has 0 radical (unpaired) electrons. The number of piperazine rings is 1. The number of rotatable bonds is 5. The second-order valence-corrected chi connectivity index (χ2v) is 5.29. The van der Waals surface area contributed by atoms with Crippen LogP contribution < -0.4 is 4.74 Å². The van der Waals surface area contributed by atoms with E-state index in [2.05, 4.69) is 22.9 Å². The van der Waals surface area contributed by atoms with Gasteiger partial charge in [0.2, 0.25) is 0 Å². The van der Waals surface area contributed by atoms with Crippen molar-refractivity contribution in [3.05, 3.63) is 29.8 Å². The zero-order valence-electron chi connectivity index (χ0n) is 12.4. The molecule has 0 aromatic heterocycles. The van der Waals surface area contributed by atoms with Gasteiger partial charge in [0, 0.05) is 32.7 Å². The van der Waals surface area contributed by atoms with Gasteiger partial charge in [-0.05, 0) is 31.7 Å². The molecular weight excluding hydrogens is 250 g/mol. The van der Waals surface area contributed by atoms with E-state index in [-0.39, 0.29) is 5.92 Å². The van der Waals surface area contributed by atoms with Crippen molar-refractivity contribution in [1.82, 2.24) is 9.80 Å². The summed E-state index contributed by atoms with van der Waals surface area (Å²) >= 11 is 0. The Morgan fingerprint density at radius 3 is 2.40 bits per heavy atom. The summed E-state index contributed by atoms with van der Waals surface area (Å²) in [5, 5.41) is 9.42. The van der Waals surface area contributed by atoms with Gasteiger partial charge in [0.1, 0.15) is 5.75 Å². The lowest BCUT2D eigenvalue weighted by Gasteiger charge is -2.33. The summed E-state index contributed by atoms with van der Waals surface area (Å²) in [6, 6.07) is 10.4.